The largest absolute Gasteiger partial charge is 0.481 e. The number of benzene rings is 1. The van der Waals surface area contributed by atoms with Crippen LogP contribution in [0.15, 0.2) is 54.0 Å². The molecule has 0 saturated carbocycles. The summed E-state index contributed by atoms with van der Waals surface area (Å²) in [5, 5.41) is 8.88. The highest BCUT2D eigenvalue weighted by molar-refractivity contribution is 7.09. The summed E-state index contributed by atoms with van der Waals surface area (Å²) >= 11 is 1.62. The number of carbonyl (C=O) groups is 1. The molecule has 0 atom stereocenters. The Morgan fingerprint density at radius 1 is 1.26 bits per heavy atom. The number of thiophene rings is 1. The number of hydrogen-bond acceptors (Lipinski definition) is 4. The van der Waals surface area contributed by atoms with Crippen molar-refractivity contribution in [3.63, 3.8) is 0 Å². The average Bonchev–Trinajstić information content (AvgIpc) is 3.20. The van der Waals surface area contributed by atoms with Crippen LogP contribution in [0.25, 0.3) is 0 Å². The van der Waals surface area contributed by atoms with Crippen molar-refractivity contribution < 1.29 is 13.9 Å². The van der Waals surface area contributed by atoms with E-state index in [1.165, 1.54) is 12.1 Å². The maximum Gasteiger partial charge on any atom is 0.263 e. The highest BCUT2D eigenvalue weighted by Crippen LogP contribution is 2.16. The molecule has 7 heteroatoms. The van der Waals surface area contributed by atoms with Crippen molar-refractivity contribution in [2.45, 2.75) is 6.54 Å². The minimum Gasteiger partial charge on any atom is -0.481 e. The molecule has 5 nitrogen and oxygen atoms in total. The fourth-order valence-corrected chi connectivity index (χ4v) is 2.68. The van der Waals surface area contributed by atoms with Crippen molar-refractivity contribution in [2.24, 2.45) is 0 Å². The minimum absolute atomic E-state index is 0.0507. The van der Waals surface area contributed by atoms with Gasteiger partial charge in [-0.1, -0.05) is 18.2 Å². The molecular weight excluding hydrogens is 317 g/mol. The van der Waals surface area contributed by atoms with Crippen molar-refractivity contribution in [1.82, 2.24) is 9.78 Å². The van der Waals surface area contributed by atoms with Gasteiger partial charge in [-0.3, -0.25) is 4.79 Å². The number of hydrogen-bond donors (Lipinski definition) is 1. The summed E-state index contributed by atoms with van der Waals surface area (Å²) in [6.07, 6.45) is 1.61. The monoisotopic (exact) mass is 331 g/mol. The minimum atomic E-state index is -0.497. The molecule has 0 fully saturated rings. The molecule has 0 spiro atoms. The highest BCUT2D eigenvalue weighted by Gasteiger charge is 2.10. The zero-order valence-corrected chi connectivity index (χ0v) is 12.9. The molecule has 0 aliphatic heterocycles. The van der Waals surface area contributed by atoms with E-state index in [2.05, 4.69) is 10.4 Å². The number of para-hydroxylation sites is 1. The van der Waals surface area contributed by atoms with Gasteiger partial charge in [0, 0.05) is 10.9 Å². The first-order chi connectivity index (χ1) is 11.2. The second kappa shape index (κ2) is 7.06. The molecule has 2 aromatic heterocycles. The summed E-state index contributed by atoms with van der Waals surface area (Å²) in [6.45, 7) is 0.305. The van der Waals surface area contributed by atoms with Crippen molar-refractivity contribution in [1.29, 1.82) is 0 Å². The number of aromatic nitrogens is 2. The number of anilines is 1. The molecule has 118 valence electrons. The zero-order chi connectivity index (χ0) is 16.1. The number of nitrogens with zero attached hydrogens (tertiary/aromatic N) is 2. The molecule has 1 amide bonds. The van der Waals surface area contributed by atoms with E-state index in [-0.39, 0.29) is 18.3 Å². The summed E-state index contributed by atoms with van der Waals surface area (Å²) in [5.74, 6) is -0.250. The van der Waals surface area contributed by atoms with E-state index in [1.807, 2.05) is 17.5 Å². The van der Waals surface area contributed by atoms with Crippen LogP contribution in [0.3, 0.4) is 0 Å². The van der Waals surface area contributed by atoms with Crippen molar-refractivity contribution in [3.05, 3.63) is 64.7 Å². The number of carbonyl (C=O) groups excluding carboxylic acids is 1. The van der Waals surface area contributed by atoms with Crippen LogP contribution in [0.2, 0.25) is 0 Å². The lowest BCUT2D eigenvalue weighted by Gasteiger charge is -2.09. The molecule has 0 aliphatic rings. The van der Waals surface area contributed by atoms with Gasteiger partial charge >= 0.3 is 0 Å². The van der Waals surface area contributed by atoms with E-state index >= 15 is 0 Å². The van der Waals surface area contributed by atoms with Gasteiger partial charge in [0.15, 0.2) is 18.2 Å². The van der Waals surface area contributed by atoms with Crippen molar-refractivity contribution in [2.75, 3.05) is 11.9 Å². The van der Waals surface area contributed by atoms with E-state index in [1.54, 1.807) is 40.4 Å². The molecule has 0 aliphatic carbocycles. The molecule has 0 bridgehead atoms. The fraction of sp³-hybridized carbons (Fsp3) is 0.125. The Morgan fingerprint density at radius 3 is 2.91 bits per heavy atom. The van der Waals surface area contributed by atoms with Gasteiger partial charge in [0.2, 0.25) is 0 Å². The molecule has 1 N–H and O–H groups in total. The van der Waals surface area contributed by atoms with Gasteiger partial charge in [-0.05, 0) is 23.6 Å². The summed E-state index contributed by atoms with van der Waals surface area (Å²) in [4.78, 5) is 13.1. The normalized spacial score (nSPS) is 10.5. The summed E-state index contributed by atoms with van der Waals surface area (Å²) < 4.78 is 20.3. The van der Waals surface area contributed by atoms with E-state index in [4.69, 9.17) is 4.74 Å². The van der Waals surface area contributed by atoms with E-state index in [9.17, 15) is 9.18 Å². The van der Waals surface area contributed by atoms with Crippen molar-refractivity contribution >= 4 is 23.1 Å². The van der Waals surface area contributed by atoms with Crippen molar-refractivity contribution in [3.8, 4) is 5.75 Å². The van der Waals surface area contributed by atoms with Gasteiger partial charge in [-0.25, -0.2) is 9.07 Å². The third kappa shape index (κ3) is 3.95. The lowest BCUT2D eigenvalue weighted by Crippen LogP contribution is -2.22. The number of halogens is 1. The fourth-order valence-electron chi connectivity index (χ4n) is 2.00. The first-order valence-corrected chi connectivity index (χ1v) is 7.82. The summed E-state index contributed by atoms with van der Waals surface area (Å²) in [5.41, 5.74) is 0. The van der Waals surface area contributed by atoms with Crippen LogP contribution in [0.4, 0.5) is 10.2 Å². The molecule has 0 unspecified atom stereocenters. The molecule has 1 aromatic carbocycles. The molecule has 0 saturated heterocycles. The Balaban J connectivity index is 1.58. The average molecular weight is 331 g/mol. The molecule has 3 rings (SSSR count). The van der Waals surface area contributed by atoms with E-state index in [0.717, 1.165) is 4.88 Å². The van der Waals surface area contributed by atoms with Gasteiger partial charge in [0.1, 0.15) is 5.82 Å². The van der Waals surface area contributed by atoms with Crippen LogP contribution in [0.1, 0.15) is 4.88 Å². The zero-order valence-electron chi connectivity index (χ0n) is 12.1. The van der Waals surface area contributed by atoms with Gasteiger partial charge in [-0.15, -0.1) is 11.3 Å². The Bertz CT molecular complexity index is 786. The Hall–Kier alpha value is -2.67. The standard InChI is InChI=1S/C16H14FN3O2S/c17-13-5-1-2-6-14(13)22-11-16(21)19-15-7-8-18-20(15)10-12-4-3-9-23-12/h1-9H,10-11H2,(H,19,21). The maximum atomic E-state index is 13.4. The van der Waals surface area contributed by atoms with Crippen LogP contribution in [-0.2, 0) is 11.3 Å². The van der Waals surface area contributed by atoms with E-state index in [0.29, 0.717) is 12.4 Å². The van der Waals surface area contributed by atoms with Crippen LogP contribution in [-0.4, -0.2) is 22.3 Å². The molecule has 23 heavy (non-hydrogen) atoms. The van der Waals surface area contributed by atoms with Crippen LogP contribution < -0.4 is 10.1 Å². The smallest absolute Gasteiger partial charge is 0.263 e. The third-order valence-corrected chi connectivity index (χ3v) is 3.93. The van der Waals surface area contributed by atoms with Gasteiger partial charge in [0.25, 0.3) is 5.91 Å². The summed E-state index contributed by atoms with van der Waals surface area (Å²) in [7, 11) is 0. The summed E-state index contributed by atoms with van der Waals surface area (Å²) in [6, 6.07) is 11.6. The molecular formula is C16H14FN3O2S. The highest BCUT2D eigenvalue weighted by atomic mass is 32.1. The lowest BCUT2D eigenvalue weighted by atomic mass is 10.3. The third-order valence-electron chi connectivity index (χ3n) is 3.07. The van der Waals surface area contributed by atoms with E-state index < -0.39 is 5.82 Å². The van der Waals surface area contributed by atoms with Gasteiger partial charge < -0.3 is 10.1 Å². The number of nitrogens with one attached hydrogen (secondary N) is 1. The quantitative estimate of drug-likeness (QED) is 0.755. The number of ether oxygens (including phenoxy) is 1. The molecule has 3 aromatic rings. The predicted octanol–water partition coefficient (Wildman–Crippen LogP) is 3.15. The topological polar surface area (TPSA) is 56.1 Å². The lowest BCUT2D eigenvalue weighted by molar-refractivity contribution is -0.118. The first-order valence-electron chi connectivity index (χ1n) is 6.94. The predicted molar refractivity (Wildman–Crippen MR) is 86.2 cm³/mol. The van der Waals surface area contributed by atoms with Crippen LogP contribution in [0, 0.1) is 5.82 Å². The van der Waals surface area contributed by atoms with Gasteiger partial charge in [0.05, 0.1) is 12.7 Å². The second-order valence-corrected chi connectivity index (χ2v) is 5.75. The van der Waals surface area contributed by atoms with Crippen LogP contribution in [0.5, 0.6) is 5.75 Å². The first kappa shape index (κ1) is 15.2. The second-order valence-electron chi connectivity index (χ2n) is 4.72. The molecule has 0 radical (unpaired) electrons. The number of rotatable bonds is 6. The SMILES string of the molecule is O=C(COc1ccccc1F)Nc1ccnn1Cc1cccs1. The molecule has 2 heterocycles. The van der Waals surface area contributed by atoms with Gasteiger partial charge in [-0.2, -0.15) is 5.10 Å². The Kier molecular flexibility index (Phi) is 4.68. The Labute approximate surface area is 136 Å². The maximum absolute atomic E-state index is 13.4. The Morgan fingerprint density at radius 2 is 2.13 bits per heavy atom. The van der Waals surface area contributed by atoms with Crippen LogP contribution >= 0.6 is 11.3 Å². The number of amides is 1.